The molecular formula is C12H29ClN2O+2. The van der Waals surface area contributed by atoms with Gasteiger partial charge in [0.15, 0.2) is 0 Å². The van der Waals surface area contributed by atoms with Gasteiger partial charge in [-0.3, -0.25) is 0 Å². The summed E-state index contributed by atoms with van der Waals surface area (Å²) in [5, 5.41) is 0. The van der Waals surface area contributed by atoms with E-state index in [2.05, 4.69) is 42.3 Å². The lowest BCUT2D eigenvalue weighted by Gasteiger charge is -2.25. The summed E-state index contributed by atoms with van der Waals surface area (Å²) in [6.07, 6.45) is 1.98. The topological polar surface area (TPSA) is 9.23 Å². The van der Waals surface area contributed by atoms with Crippen molar-refractivity contribution in [2.24, 2.45) is 0 Å². The SMILES string of the molecule is C[N+](C)(C)CCCOC(Cl)CC[N+](C)(C)C. The van der Waals surface area contributed by atoms with Crippen LogP contribution in [0.4, 0.5) is 0 Å². The summed E-state index contributed by atoms with van der Waals surface area (Å²) >= 11 is 6.10. The first-order valence-corrected chi connectivity index (χ1v) is 6.40. The van der Waals surface area contributed by atoms with Crippen LogP contribution in [0.1, 0.15) is 12.8 Å². The Labute approximate surface area is 106 Å². The van der Waals surface area contributed by atoms with Crippen LogP contribution < -0.4 is 0 Å². The Morgan fingerprint density at radius 1 is 0.938 bits per heavy atom. The first kappa shape index (κ1) is 16.2. The average molecular weight is 253 g/mol. The zero-order valence-corrected chi connectivity index (χ0v) is 12.5. The van der Waals surface area contributed by atoms with Crippen LogP contribution in [0.2, 0.25) is 0 Å². The number of hydrogen-bond donors (Lipinski definition) is 0. The Morgan fingerprint density at radius 2 is 1.44 bits per heavy atom. The summed E-state index contributed by atoms with van der Waals surface area (Å²) in [5.74, 6) is 0. The lowest BCUT2D eigenvalue weighted by atomic mass is 10.3. The van der Waals surface area contributed by atoms with E-state index < -0.39 is 0 Å². The number of hydrogen-bond acceptors (Lipinski definition) is 1. The molecule has 0 radical (unpaired) electrons. The van der Waals surface area contributed by atoms with Crippen LogP contribution in [0, 0.1) is 0 Å². The summed E-state index contributed by atoms with van der Waals surface area (Å²) < 4.78 is 7.50. The van der Waals surface area contributed by atoms with E-state index in [9.17, 15) is 0 Å². The van der Waals surface area contributed by atoms with E-state index in [0.717, 1.165) is 41.5 Å². The van der Waals surface area contributed by atoms with Crippen molar-refractivity contribution in [3.63, 3.8) is 0 Å². The molecule has 0 aliphatic rings. The molecule has 0 saturated heterocycles. The van der Waals surface area contributed by atoms with Gasteiger partial charge in [0, 0.05) is 12.8 Å². The van der Waals surface area contributed by atoms with Gasteiger partial charge >= 0.3 is 0 Å². The third-order valence-corrected chi connectivity index (χ3v) is 2.64. The van der Waals surface area contributed by atoms with Crippen molar-refractivity contribution in [2.75, 3.05) is 62.0 Å². The van der Waals surface area contributed by atoms with Crippen molar-refractivity contribution in [1.82, 2.24) is 0 Å². The summed E-state index contributed by atoms with van der Waals surface area (Å²) in [7, 11) is 13.1. The lowest BCUT2D eigenvalue weighted by molar-refractivity contribution is -0.871. The van der Waals surface area contributed by atoms with Crippen molar-refractivity contribution in [3.05, 3.63) is 0 Å². The van der Waals surface area contributed by atoms with E-state index in [1.54, 1.807) is 0 Å². The van der Waals surface area contributed by atoms with Gasteiger partial charge < -0.3 is 13.7 Å². The second kappa shape index (κ2) is 6.80. The molecule has 0 amide bonds. The minimum atomic E-state index is -0.134. The van der Waals surface area contributed by atoms with Gasteiger partial charge in [-0.2, -0.15) is 0 Å². The minimum Gasteiger partial charge on any atom is -0.362 e. The van der Waals surface area contributed by atoms with Gasteiger partial charge in [0.2, 0.25) is 0 Å². The maximum absolute atomic E-state index is 6.10. The first-order valence-electron chi connectivity index (χ1n) is 5.97. The third kappa shape index (κ3) is 12.2. The predicted molar refractivity (Wildman–Crippen MR) is 70.6 cm³/mol. The Hall–Kier alpha value is 0.170. The van der Waals surface area contributed by atoms with Gasteiger partial charge in [-0.05, 0) is 0 Å². The summed E-state index contributed by atoms with van der Waals surface area (Å²) in [5.41, 5.74) is -0.134. The Balaban J connectivity index is 3.48. The van der Waals surface area contributed by atoms with Gasteiger partial charge in [-0.25, -0.2) is 0 Å². The molecule has 0 aliphatic heterocycles. The van der Waals surface area contributed by atoms with Gasteiger partial charge in [-0.15, -0.1) is 0 Å². The number of rotatable bonds is 8. The van der Waals surface area contributed by atoms with E-state index in [1.165, 1.54) is 0 Å². The lowest BCUT2D eigenvalue weighted by Crippen LogP contribution is -2.37. The van der Waals surface area contributed by atoms with Crippen LogP contribution >= 0.6 is 11.6 Å². The third-order valence-electron chi connectivity index (χ3n) is 2.30. The summed E-state index contributed by atoms with van der Waals surface area (Å²) in [6.45, 7) is 2.93. The molecule has 0 heterocycles. The molecule has 0 rings (SSSR count). The zero-order chi connectivity index (χ0) is 12.8. The smallest absolute Gasteiger partial charge is 0.136 e. The Morgan fingerprint density at radius 3 is 1.88 bits per heavy atom. The van der Waals surface area contributed by atoms with Gasteiger partial charge in [0.25, 0.3) is 0 Å². The van der Waals surface area contributed by atoms with Crippen LogP contribution in [0.5, 0.6) is 0 Å². The molecule has 1 unspecified atom stereocenters. The largest absolute Gasteiger partial charge is 0.362 e. The second-order valence-electron chi connectivity index (χ2n) is 6.45. The molecule has 1 atom stereocenters. The Bertz CT molecular complexity index is 184. The maximum atomic E-state index is 6.10. The number of ether oxygens (including phenoxy) is 1. The highest BCUT2D eigenvalue weighted by Gasteiger charge is 2.13. The molecule has 0 aromatic heterocycles. The van der Waals surface area contributed by atoms with E-state index in [4.69, 9.17) is 16.3 Å². The number of alkyl halides is 1. The average Bonchev–Trinajstić information content (AvgIpc) is 2.06. The highest BCUT2D eigenvalue weighted by molar-refractivity contribution is 6.19. The summed E-state index contributed by atoms with van der Waals surface area (Å²) in [4.78, 5) is 0. The normalized spacial score (nSPS) is 15.2. The van der Waals surface area contributed by atoms with Gasteiger partial charge in [0.05, 0.1) is 62.0 Å². The molecule has 0 aromatic rings. The molecule has 0 aliphatic carbocycles. The first-order chi connectivity index (χ1) is 7.10. The molecule has 0 fully saturated rings. The molecule has 0 bridgehead atoms. The van der Waals surface area contributed by atoms with E-state index in [1.807, 2.05) is 0 Å². The summed E-state index contributed by atoms with van der Waals surface area (Å²) in [6, 6.07) is 0. The molecule has 0 spiro atoms. The minimum absolute atomic E-state index is 0.134. The number of nitrogens with zero attached hydrogens (tertiary/aromatic N) is 2. The molecule has 4 heteroatoms. The highest BCUT2D eigenvalue weighted by atomic mass is 35.5. The quantitative estimate of drug-likeness (QED) is 0.364. The molecule has 0 saturated carbocycles. The molecule has 98 valence electrons. The second-order valence-corrected chi connectivity index (χ2v) is 6.94. The fourth-order valence-electron chi connectivity index (χ4n) is 1.32. The number of halogens is 1. The highest BCUT2D eigenvalue weighted by Crippen LogP contribution is 2.08. The van der Waals surface area contributed by atoms with E-state index in [-0.39, 0.29) is 5.56 Å². The number of quaternary nitrogens is 2. The molecule has 0 N–H and O–H groups in total. The molecule has 3 nitrogen and oxygen atoms in total. The monoisotopic (exact) mass is 252 g/mol. The van der Waals surface area contributed by atoms with Crippen molar-refractivity contribution < 1.29 is 13.7 Å². The van der Waals surface area contributed by atoms with Crippen molar-refractivity contribution in [2.45, 2.75) is 18.4 Å². The van der Waals surface area contributed by atoms with Crippen LogP contribution in [-0.4, -0.2) is 76.5 Å². The van der Waals surface area contributed by atoms with E-state index in [0.29, 0.717) is 0 Å². The van der Waals surface area contributed by atoms with Crippen molar-refractivity contribution in [1.29, 1.82) is 0 Å². The zero-order valence-electron chi connectivity index (χ0n) is 11.8. The Kier molecular flexibility index (Phi) is 6.87. The van der Waals surface area contributed by atoms with Gasteiger partial charge in [0.1, 0.15) is 5.56 Å². The fourth-order valence-corrected chi connectivity index (χ4v) is 1.51. The van der Waals surface area contributed by atoms with E-state index >= 15 is 0 Å². The fraction of sp³-hybridized carbons (Fsp3) is 1.00. The van der Waals surface area contributed by atoms with Crippen LogP contribution in [-0.2, 0) is 4.74 Å². The van der Waals surface area contributed by atoms with Gasteiger partial charge in [-0.1, -0.05) is 11.6 Å². The molecule has 0 aromatic carbocycles. The van der Waals surface area contributed by atoms with Crippen molar-refractivity contribution >= 4 is 11.6 Å². The molecular weight excluding hydrogens is 224 g/mol. The van der Waals surface area contributed by atoms with Crippen LogP contribution in [0.25, 0.3) is 0 Å². The van der Waals surface area contributed by atoms with Crippen LogP contribution in [0.15, 0.2) is 0 Å². The molecule has 16 heavy (non-hydrogen) atoms. The standard InChI is InChI=1S/C12H29ClN2O/c1-14(2,3)9-7-11-16-12(13)8-10-15(4,5)6/h12H,7-11H2,1-6H3/q+2. The predicted octanol–water partition coefficient (Wildman–Crippen LogP) is 1.76. The van der Waals surface area contributed by atoms with Crippen molar-refractivity contribution in [3.8, 4) is 0 Å². The van der Waals surface area contributed by atoms with Crippen LogP contribution in [0.3, 0.4) is 0 Å². The maximum Gasteiger partial charge on any atom is 0.136 e.